The number of carbonyl (C=O) groups is 1. The lowest BCUT2D eigenvalue weighted by molar-refractivity contribution is 0.0954. The summed E-state index contributed by atoms with van der Waals surface area (Å²) in [5.41, 5.74) is 1.41. The highest BCUT2D eigenvalue weighted by atomic mass is 32.2. The van der Waals surface area contributed by atoms with Crippen LogP contribution in [0.25, 0.3) is 0 Å². The second-order valence-corrected chi connectivity index (χ2v) is 7.31. The summed E-state index contributed by atoms with van der Waals surface area (Å²) >= 11 is 0. The molecule has 25 heavy (non-hydrogen) atoms. The van der Waals surface area contributed by atoms with Crippen molar-refractivity contribution in [1.29, 1.82) is 0 Å². The third kappa shape index (κ3) is 6.52. The van der Waals surface area contributed by atoms with Gasteiger partial charge >= 0.3 is 0 Å². The second-order valence-electron chi connectivity index (χ2n) is 5.48. The number of nitrogens with zero attached hydrogens (tertiary/aromatic N) is 1. The Morgan fingerprint density at radius 2 is 1.88 bits per heavy atom. The molecule has 0 aliphatic carbocycles. The first kappa shape index (κ1) is 18.9. The lowest BCUT2D eigenvalue weighted by Crippen LogP contribution is -2.34. The molecule has 1 aromatic heterocycles. The van der Waals surface area contributed by atoms with Crippen molar-refractivity contribution < 1.29 is 17.9 Å². The second kappa shape index (κ2) is 8.59. The van der Waals surface area contributed by atoms with Crippen molar-refractivity contribution in [2.45, 2.75) is 13.0 Å². The molecule has 0 bridgehead atoms. The van der Waals surface area contributed by atoms with Crippen molar-refractivity contribution in [2.75, 3.05) is 19.3 Å². The van der Waals surface area contributed by atoms with Gasteiger partial charge in [-0.05, 0) is 18.6 Å². The van der Waals surface area contributed by atoms with Crippen LogP contribution in [0.2, 0.25) is 0 Å². The van der Waals surface area contributed by atoms with Gasteiger partial charge in [-0.3, -0.25) is 4.79 Å². The lowest BCUT2D eigenvalue weighted by Gasteiger charge is -2.14. The van der Waals surface area contributed by atoms with E-state index in [0.717, 1.165) is 11.8 Å². The van der Waals surface area contributed by atoms with E-state index in [1.165, 1.54) is 6.20 Å². The van der Waals surface area contributed by atoms with E-state index in [1.54, 1.807) is 12.1 Å². The normalized spacial score (nSPS) is 12.4. The maximum absolute atomic E-state index is 12.0. The number of benzene rings is 1. The Hall–Kier alpha value is -2.45. The molecular formula is C17H21N3O4S. The average molecular weight is 363 g/mol. The molecule has 2 aromatic rings. The summed E-state index contributed by atoms with van der Waals surface area (Å²) < 4.78 is 29.9. The van der Waals surface area contributed by atoms with Crippen molar-refractivity contribution in [3.63, 3.8) is 0 Å². The molecule has 0 aliphatic rings. The Bertz CT molecular complexity index is 792. The Kier molecular flexibility index (Phi) is 6.49. The molecular weight excluding hydrogens is 342 g/mol. The molecule has 0 aliphatic heterocycles. The van der Waals surface area contributed by atoms with E-state index in [4.69, 9.17) is 4.74 Å². The fourth-order valence-electron chi connectivity index (χ4n) is 2.07. The van der Waals surface area contributed by atoms with Gasteiger partial charge in [0.1, 0.15) is 6.10 Å². The van der Waals surface area contributed by atoms with Gasteiger partial charge in [-0.25, -0.2) is 18.1 Å². The van der Waals surface area contributed by atoms with E-state index in [1.807, 2.05) is 37.3 Å². The van der Waals surface area contributed by atoms with Crippen LogP contribution in [0, 0.1) is 0 Å². The highest BCUT2D eigenvalue weighted by Crippen LogP contribution is 2.19. The third-order valence-corrected chi connectivity index (χ3v) is 4.07. The van der Waals surface area contributed by atoms with Gasteiger partial charge < -0.3 is 10.1 Å². The summed E-state index contributed by atoms with van der Waals surface area (Å²) in [7, 11) is -3.26. The summed E-state index contributed by atoms with van der Waals surface area (Å²) in [4.78, 5) is 16.1. The quantitative estimate of drug-likeness (QED) is 0.693. The van der Waals surface area contributed by atoms with E-state index < -0.39 is 10.0 Å². The Labute approximate surface area is 147 Å². The number of amides is 1. The standard InChI is InChI=1S/C17H21N3O4S/c1-13(14-6-4-3-5-7-14)24-16-9-8-15(12-19-16)17(21)18-10-11-20-25(2,22)23/h3-9,12-13,20H,10-11H2,1-2H3,(H,18,21)/t13-/m1/s1. The van der Waals surface area contributed by atoms with Crippen LogP contribution < -0.4 is 14.8 Å². The fourth-order valence-corrected chi connectivity index (χ4v) is 2.54. The number of rotatable bonds is 8. The minimum Gasteiger partial charge on any atom is -0.470 e. The van der Waals surface area contributed by atoms with Crippen LogP contribution >= 0.6 is 0 Å². The van der Waals surface area contributed by atoms with Crippen LogP contribution in [0.1, 0.15) is 28.9 Å². The molecule has 8 heteroatoms. The SMILES string of the molecule is C[C@@H](Oc1ccc(C(=O)NCCNS(C)(=O)=O)cn1)c1ccccc1. The minimum absolute atomic E-state index is 0.133. The Morgan fingerprint density at radius 3 is 2.48 bits per heavy atom. The highest BCUT2D eigenvalue weighted by molar-refractivity contribution is 7.88. The topological polar surface area (TPSA) is 97.4 Å². The maximum atomic E-state index is 12.0. The summed E-state index contributed by atoms with van der Waals surface area (Å²) in [5, 5.41) is 2.61. The number of ether oxygens (including phenoxy) is 1. The Morgan fingerprint density at radius 1 is 1.16 bits per heavy atom. The van der Waals surface area contributed by atoms with E-state index in [0.29, 0.717) is 11.4 Å². The molecule has 0 fully saturated rings. The predicted octanol–water partition coefficient (Wildman–Crippen LogP) is 1.50. The van der Waals surface area contributed by atoms with Crippen LogP contribution in [0.3, 0.4) is 0 Å². The van der Waals surface area contributed by atoms with Gasteiger partial charge in [0, 0.05) is 25.4 Å². The number of pyridine rings is 1. The van der Waals surface area contributed by atoms with Crippen molar-refractivity contribution in [3.05, 3.63) is 59.8 Å². The summed E-state index contributed by atoms with van der Waals surface area (Å²) in [6, 6.07) is 13.0. The molecule has 1 heterocycles. The zero-order valence-electron chi connectivity index (χ0n) is 14.1. The zero-order valence-corrected chi connectivity index (χ0v) is 14.9. The van der Waals surface area contributed by atoms with E-state index in [-0.39, 0.29) is 25.1 Å². The molecule has 0 unspecified atom stereocenters. The maximum Gasteiger partial charge on any atom is 0.252 e. The molecule has 0 radical (unpaired) electrons. The van der Waals surface area contributed by atoms with Crippen molar-refractivity contribution in [3.8, 4) is 5.88 Å². The molecule has 2 N–H and O–H groups in total. The van der Waals surface area contributed by atoms with Gasteiger partial charge in [-0.2, -0.15) is 0 Å². The summed E-state index contributed by atoms with van der Waals surface area (Å²) in [6.45, 7) is 2.25. The van der Waals surface area contributed by atoms with E-state index in [9.17, 15) is 13.2 Å². The van der Waals surface area contributed by atoms with Crippen molar-refractivity contribution >= 4 is 15.9 Å². The first-order chi connectivity index (χ1) is 11.8. The number of sulfonamides is 1. The van der Waals surface area contributed by atoms with Crippen LogP contribution in [0.5, 0.6) is 5.88 Å². The monoisotopic (exact) mass is 363 g/mol. The van der Waals surface area contributed by atoms with E-state index in [2.05, 4.69) is 15.0 Å². The van der Waals surface area contributed by atoms with Crippen LogP contribution in [-0.2, 0) is 10.0 Å². The van der Waals surface area contributed by atoms with Gasteiger partial charge in [-0.1, -0.05) is 30.3 Å². The van der Waals surface area contributed by atoms with Crippen molar-refractivity contribution in [1.82, 2.24) is 15.0 Å². The Balaban J connectivity index is 1.85. The molecule has 1 atom stereocenters. The first-order valence-electron chi connectivity index (χ1n) is 7.75. The number of nitrogens with one attached hydrogen (secondary N) is 2. The van der Waals surface area contributed by atoms with Gasteiger partial charge in [-0.15, -0.1) is 0 Å². The van der Waals surface area contributed by atoms with Crippen LogP contribution in [0.15, 0.2) is 48.7 Å². The van der Waals surface area contributed by atoms with Crippen LogP contribution in [-0.4, -0.2) is 38.7 Å². The predicted molar refractivity (Wildman–Crippen MR) is 94.9 cm³/mol. The van der Waals surface area contributed by atoms with Gasteiger partial charge in [0.05, 0.1) is 11.8 Å². The zero-order chi connectivity index (χ0) is 18.3. The first-order valence-corrected chi connectivity index (χ1v) is 9.65. The number of hydrogen-bond donors (Lipinski definition) is 2. The third-order valence-electron chi connectivity index (χ3n) is 3.34. The molecule has 0 saturated heterocycles. The molecule has 7 nitrogen and oxygen atoms in total. The summed E-state index contributed by atoms with van der Waals surface area (Å²) in [5.74, 6) is 0.0945. The van der Waals surface area contributed by atoms with Gasteiger partial charge in [0.15, 0.2) is 0 Å². The van der Waals surface area contributed by atoms with Gasteiger partial charge in [0.25, 0.3) is 5.91 Å². The van der Waals surface area contributed by atoms with Gasteiger partial charge in [0.2, 0.25) is 15.9 Å². The molecule has 0 saturated carbocycles. The molecule has 2 rings (SSSR count). The smallest absolute Gasteiger partial charge is 0.252 e. The van der Waals surface area contributed by atoms with E-state index >= 15 is 0 Å². The average Bonchev–Trinajstić information content (AvgIpc) is 2.59. The molecule has 1 amide bonds. The number of hydrogen-bond acceptors (Lipinski definition) is 5. The largest absolute Gasteiger partial charge is 0.470 e. The molecule has 134 valence electrons. The van der Waals surface area contributed by atoms with Crippen LogP contribution in [0.4, 0.5) is 0 Å². The summed E-state index contributed by atoms with van der Waals surface area (Å²) in [6.07, 6.45) is 2.33. The molecule has 0 spiro atoms. The number of aromatic nitrogens is 1. The molecule has 1 aromatic carbocycles. The van der Waals surface area contributed by atoms with Crippen molar-refractivity contribution in [2.24, 2.45) is 0 Å². The number of carbonyl (C=O) groups excluding carboxylic acids is 1. The minimum atomic E-state index is -3.26. The lowest BCUT2D eigenvalue weighted by atomic mass is 10.1. The fraction of sp³-hybridized carbons (Fsp3) is 0.294. The highest BCUT2D eigenvalue weighted by Gasteiger charge is 2.10.